The van der Waals surface area contributed by atoms with Gasteiger partial charge in [-0.3, -0.25) is 4.79 Å². The first kappa shape index (κ1) is 9.86. The van der Waals surface area contributed by atoms with Crippen molar-refractivity contribution in [1.82, 2.24) is 0 Å². The first-order valence-electron chi connectivity index (χ1n) is 4.08. The van der Waals surface area contributed by atoms with Crippen LogP contribution >= 0.6 is 0 Å². The van der Waals surface area contributed by atoms with E-state index in [4.69, 9.17) is 5.73 Å². The molecule has 1 atom stereocenters. The van der Waals surface area contributed by atoms with Gasteiger partial charge in [-0.15, -0.1) is 0 Å². The number of Topliss-reactive ketones (excluding diaryl/α,β-unsaturated/α-hetero) is 1. The number of halogens is 1. The number of nitrogens with two attached hydrogens (primary N) is 1. The van der Waals surface area contributed by atoms with E-state index >= 15 is 0 Å². The van der Waals surface area contributed by atoms with Gasteiger partial charge in [0, 0.05) is 17.2 Å². The second-order valence-corrected chi connectivity index (χ2v) is 3.08. The summed E-state index contributed by atoms with van der Waals surface area (Å²) in [5, 5.41) is 0. The monoisotopic (exact) mass is 181 g/mol. The van der Waals surface area contributed by atoms with Crippen LogP contribution in [-0.4, -0.2) is 5.78 Å². The molecule has 1 aromatic rings. The maximum Gasteiger partial charge on any atom is 0.159 e. The van der Waals surface area contributed by atoms with Gasteiger partial charge in [0.2, 0.25) is 0 Å². The molecule has 70 valence electrons. The molecular formula is C10H12FNO. The molecule has 0 radical (unpaired) electrons. The number of ketones is 1. The van der Waals surface area contributed by atoms with Gasteiger partial charge < -0.3 is 5.73 Å². The Bertz CT molecular complexity index is 334. The summed E-state index contributed by atoms with van der Waals surface area (Å²) in [5.74, 6) is -0.558. The second-order valence-electron chi connectivity index (χ2n) is 3.08. The quantitative estimate of drug-likeness (QED) is 0.709. The molecule has 0 saturated carbocycles. The molecule has 0 bridgehead atoms. The Labute approximate surface area is 76.6 Å². The predicted octanol–water partition coefficient (Wildman–Crippen LogP) is 2.05. The van der Waals surface area contributed by atoms with Gasteiger partial charge in [-0.05, 0) is 19.9 Å². The van der Waals surface area contributed by atoms with Gasteiger partial charge in [0.05, 0.1) is 0 Å². The summed E-state index contributed by atoms with van der Waals surface area (Å²) in [6, 6.07) is 4.02. The Kier molecular flexibility index (Phi) is 2.78. The van der Waals surface area contributed by atoms with Crippen molar-refractivity contribution in [2.24, 2.45) is 5.73 Å². The van der Waals surface area contributed by atoms with E-state index < -0.39 is 5.82 Å². The molecule has 0 saturated heterocycles. The zero-order valence-electron chi connectivity index (χ0n) is 7.67. The van der Waals surface area contributed by atoms with Gasteiger partial charge in [-0.1, -0.05) is 12.1 Å². The summed E-state index contributed by atoms with van der Waals surface area (Å²) in [5.41, 5.74) is 6.33. The molecule has 0 aliphatic rings. The van der Waals surface area contributed by atoms with Crippen LogP contribution in [0.2, 0.25) is 0 Å². The number of benzene rings is 1. The van der Waals surface area contributed by atoms with E-state index in [2.05, 4.69) is 0 Å². The van der Waals surface area contributed by atoms with Crippen molar-refractivity contribution in [1.29, 1.82) is 0 Å². The molecule has 0 aliphatic carbocycles. The third kappa shape index (κ3) is 2.12. The molecule has 3 heteroatoms. The third-order valence-corrected chi connectivity index (χ3v) is 1.90. The summed E-state index contributed by atoms with van der Waals surface area (Å²) in [6.45, 7) is 3.10. The van der Waals surface area contributed by atoms with Crippen LogP contribution in [0.4, 0.5) is 4.39 Å². The topological polar surface area (TPSA) is 43.1 Å². The van der Waals surface area contributed by atoms with Crippen molar-refractivity contribution in [3.63, 3.8) is 0 Å². The number of hydrogen-bond acceptors (Lipinski definition) is 2. The zero-order chi connectivity index (χ0) is 10.0. The van der Waals surface area contributed by atoms with Gasteiger partial charge in [0.1, 0.15) is 5.82 Å². The fourth-order valence-corrected chi connectivity index (χ4v) is 1.12. The highest BCUT2D eigenvalue weighted by Crippen LogP contribution is 2.16. The number of rotatable bonds is 2. The largest absolute Gasteiger partial charge is 0.324 e. The van der Waals surface area contributed by atoms with Gasteiger partial charge in [0.25, 0.3) is 0 Å². The zero-order valence-corrected chi connectivity index (χ0v) is 7.67. The Balaban J connectivity index is 3.13. The molecule has 2 nitrogen and oxygen atoms in total. The molecule has 0 aromatic heterocycles. The fraction of sp³-hybridized carbons (Fsp3) is 0.300. The van der Waals surface area contributed by atoms with Crippen LogP contribution in [0.1, 0.15) is 35.8 Å². The summed E-state index contributed by atoms with van der Waals surface area (Å²) in [7, 11) is 0. The molecule has 0 spiro atoms. The summed E-state index contributed by atoms with van der Waals surface area (Å²) >= 11 is 0. The van der Waals surface area contributed by atoms with Gasteiger partial charge in [0.15, 0.2) is 5.78 Å². The molecule has 1 rings (SSSR count). The van der Waals surface area contributed by atoms with Crippen LogP contribution in [-0.2, 0) is 0 Å². The van der Waals surface area contributed by atoms with Gasteiger partial charge in [-0.25, -0.2) is 4.39 Å². The molecule has 13 heavy (non-hydrogen) atoms. The van der Waals surface area contributed by atoms with E-state index in [-0.39, 0.29) is 11.8 Å². The van der Waals surface area contributed by atoms with Crippen molar-refractivity contribution in [3.8, 4) is 0 Å². The minimum Gasteiger partial charge on any atom is -0.324 e. The smallest absolute Gasteiger partial charge is 0.159 e. The third-order valence-electron chi connectivity index (χ3n) is 1.90. The van der Waals surface area contributed by atoms with Crippen LogP contribution in [0, 0.1) is 5.82 Å². The van der Waals surface area contributed by atoms with E-state index in [0.29, 0.717) is 11.1 Å². The first-order chi connectivity index (χ1) is 6.02. The molecule has 0 aliphatic heterocycles. The minimum atomic E-state index is -0.414. The van der Waals surface area contributed by atoms with Gasteiger partial charge in [-0.2, -0.15) is 0 Å². The Morgan fingerprint density at radius 2 is 2.15 bits per heavy atom. The Morgan fingerprint density at radius 1 is 1.54 bits per heavy atom. The lowest BCUT2D eigenvalue weighted by Crippen LogP contribution is -2.08. The molecule has 1 aromatic carbocycles. The van der Waals surface area contributed by atoms with Crippen LogP contribution in [0.15, 0.2) is 18.2 Å². The lowest BCUT2D eigenvalue weighted by molar-refractivity contribution is 0.101. The van der Waals surface area contributed by atoms with E-state index in [1.807, 2.05) is 0 Å². The van der Waals surface area contributed by atoms with Crippen molar-refractivity contribution in [2.45, 2.75) is 19.9 Å². The van der Waals surface area contributed by atoms with E-state index in [1.165, 1.54) is 13.0 Å². The molecular weight excluding hydrogens is 169 g/mol. The minimum absolute atomic E-state index is 0.143. The van der Waals surface area contributed by atoms with Crippen molar-refractivity contribution in [2.75, 3.05) is 0 Å². The van der Waals surface area contributed by atoms with Crippen LogP contribution in [0.25, 0.3) is 0 Å². The summed E-state index contributed by atoms with van der Waals surface area (Å²) in [4.78, 5) is 10.9. The Hall–Kier alpha value is -1.22. The van der Waals surface area contributed by atoms with Crippen molar-refractivity contribution in [3.05, 3.63) is 35.1 Å². The van der Waals surface area contributed by atoms with Crippen LogP contribution < -0.4 is 5.73 Å². The lowest BCUT2D eigenvalue weighted by atomic mass is 10.0. The average Bonchev–Trinajstić information content (AvgIpc) is 2.03. The maximum absolute atomic E-state index is 13.2. The SMILES string of the molecule is CC(=O)c1ccc([C@H](C)N)c(F)c1. The molecule has 0 heterocycles. The Morgan fingerprint density at radius 3 is 2.54 bits per heavy atom. The highest BCUT2D eigenvalue weighted by atomic mass is 19.1. The second kappa shape index (κ2) is 3.66. The van der Waals surface area contributed by atoms with Crippen molar-refractivity contribution >= 4 is 5.78 Å². The van der Waals surface area contributed by atoms with E-state index in [9.17, 15) is 9.18 Å². The summed E-state index contributed by atoms with van der Waals surface area (Å²) < 4.78 is 13.2. The highest BCUT2D eigenvalue weighted by Gasteiger charge is 2.08. The molecule has 2 N–H and O–H groups in total. The fourth-order valence-electron chi connectivity index (χ4n) is 1.12. The highest BCUT2D eigenvalue weighted by molar-refractivity contribution is 5.94. The average molecular weight is 181 g/mol. The number of carbonyl (C=O) groups is 1. The molecule has 0 unspecified atom stereocenters. The van der Waals surface area contributed by atoms with Gasteiger partial charge >= 0.3 is 0 Å². The standard InChI is InChI=1S/C10H12FNO/c1-6(12)9-4-3-8(7(2)13)5-10(9)11/h3-6H,12H2,1-2H3/t6-/m0/s1. The van der Waals surface area contributed by atoms with Crippen LogP contribution in [0.3, 0.4) is 0 Å². The van der Waals surface area contributed by atoms with E-state index in [0.717, 1.165) is 0 Å². The van der Waals surface area contributed by atoms with Crippen molar-refractivity contribution < 1.29 is 9.18 Å². The van der Waals surface area contributed by atoms with E-state index in [1.54, 1.807) is 19.1 Å². The lowest BCUT2D eigenvalue weighted by Gasteiger charge is -2.07. The maximum atomic E-state index is 13.2. The number of carbonyl (C=O) groups excluding carboxylic acids is 1. The molecule has 0 amide bonds. The van der Waals surface area contributed by atoms with Crippen LogP contribution in [0.5, 0.6) is 0 Å². The molecule has 0 fully saturated rings. The first-order valence-corrected chi connectivity index (χ1v) is 4.08. The normalized spacial score (nSPS) is 12.6. The summed E-state index contributed by atoms with van der Waals surface area (Å²) in [6.07, 6.45) is 0. The predicted molar refractivity (Wildman–Crippen MR) is 49.0 cm³/mol. The number of hydrogen-bond donors (Lipinski definition) is 1.